The summed E-state index contributed by atoms with van der Waals surface area (Å²) in [4.78, 5) is 12.5. The molecule has 0 aliphatic rings. The first kappa shape index (κ1) is 21.0. The van der Waals surface area contributed by atoms with E-state index in [2.05, 4.69) is 19.2 Å². The van der Waals surface area contributed by atoms with Gasteiger partial charge in [0, 0.05) is 5.69 Å². The van der Waals surface area contributed by atoms with Crippen molar-refractivity contribution in [1.29, 1.82) is 0 Å². The number of rotatable bonds is 6. The highest BCUT2D eigenvalue weighted by molar-refractivity contribution is 7.92. The first-order valence-corrected chi connectivity index (χ1v) is 10.8. The number of carbonyl (C=O) groups excluding carboxylic acids is 1. The maximum absolute atomic E-state index is 12.5. The second-order valence-electron chi connectivity index (χ2n) is 7.34. The molecule has 146 valence electrons. The third-order valence-corrected chi connectivity index (χ3v) is 5.55. The van der Waals surface area contributed by atoms with E-state index in [-0.39, 0.29) is 12.5 Å². The van der Waals surface area contributed by atoms with Crippen molar-refractivity contribution in [1.82, 2.24) is 0 Å². The van der Waals surface area contributed by atoms with Gasteiger partial charge in [-0.3, -0.25) is 9.10 Å². The Hall–Kier alpha value is -2.34. The van der Waals surface area contributed by atoms with E-state index in [1.165, 1.54) is 9.87 Å². The number of nitrogens with one attached hydrogen (secondary N) is 1. The van der Waals surface area contributed by atoms with Gasteiger partial charge < -0.3 is 5.32 Å². The van der Waals surface area contributed by atoms with Crippen LogP contribution in [0.4, 0.5) is 11.4 Å². The van der Waals surface area contributed by atoms with Crippen LogP contribution in [0.5, 0.6) is 0 Å². The maximum Gasteiger partial charge on any atom is 0.245 e. The monoisotopic (exact) mass is 388 g/mol. The molecule has 0 saturated carbocycles. The number of amides is 1. The molecule has 0 radical (unpaired) electrons. The Kier molecular flexibility index (Phi) is 6.31. The first-order valence-electron chi connectivity index (χ1n) is 8.94. The number of anilines is 2. The van der Waals surface area contributed by atoms with Crippen molar-refractivity contribution in [2.24, 2.45) is 0 Å². The zero-order valence-electron chi connectivity index (χ0n) is 16.8. The van der Waals surface area contributed by atoms with Gasteiger partial charge in [0.25, 0.3) is 0 Å². The molecule has 0 aromatic heterocycles. The number of hydrogen-bond donors (Lipinski definition) is 1. The average Bonchev–Trinajstić information content (AvgIpc) is 2.52. The fraction of sp³-hybridized carbons (Fsp3) is 0.381. The molecule has 27 heavy (non-hydrogen) atoms. The number of sulfonamides is 1. The molecule has 0 heterocycles. The Labute approximate surface area is 162 Å². The molecular formula is C21H28N2O3S. The zero-order valence-corrected chi connectivity index (χ0v) is 17.6. The van der Waals surface area contributed by atoms with E-state index in [9.17, 15) is 13.2 Å². The van der Waals surface area contributed by atoms with Gasteiger partial charge in [0.05, 0.1) is 11.9 Å². The molecule has 1 amide bonds. The van der Waals surface area contributed by atoms with Crippen molar-refractivity contribution < 1.29 is 13.2 Å². The van der Waals surface area contributed by atoms with Crippen LogP contribution in [-0.4, -0.2) is 27.1 Å². The lowest BCUT2D eigenvalue weighted by Gasteiger charge is -2.26. The second-order valence-corrected chi connectivity index (χ2v) is 9.25. The van der Waals surface area contributed by atoms with E-state index in [1.54, 1.807) is 0 Å². The van der Waals surface area contributed by atoms with Crippen LogP contribution >= 0.6 is 0 Å². The lowest BCUT2D eigenvalue weighted by atomic mass is 10.0. The van der Waals surface area contributed by atoms with Crippen molar-refractivity contribution in [3.63, 3.8) is 0 Å². The molecule has 6 heteroatoms. The van der Waals surface area contributed by atoms with E-state index in [0.29, 0.717) is 17.3 Å². The number of hydrogen-bond acceptors (Lipinski definition) is 3. The Morgan fingerprint density at radius 2 is 1.56 bits per heavy atom. The summed E-state index contributed by atoms with van der Waals surface area (Å²) < 4.78 is 25.9. The third-order valence-electron chi connectivity index (χ3n) is 4.43. The van der Waals surface area contributed by atoms with E-state index in [1.807, 2.05) is 57.2 Å². The van der Waals surface area contributed by atoms with Crippen LogP contribution in [0.25, 0.3) is 0 Å². The summed E-state index contributed by atoms with van der Waals surface area (Å²) in [7, 11) is -3.61. The quantitative estimate of drug-likeness (QED) is 0.809. The summed E-state index contributed by atoms with van der Waals surface area (Å²) in [5.74, 6) is 0.0278. The third kappa shape index (κ3) is 5.32. The highest BCUT2D eigenvalue weighted by Gasteiger charge is 2.24. The summed E-state index contributed by atoms with van der Waals surface area (Å²) in [5.41, 5.74) is 5.09. The molecule has 0 bridgehead atoms. The SMILES string of the molecule is Cc1cc(C)c(N(CC(=O)Nc2ccc(C(C)C)cc2)S(C)(=O)=O)c(C)c1. The second kappa shape index (κ2) is 8.13. The van der Waals surface area contributed by atoms with Crippen molar-refractivity contribution in [3.05, 3.63) is 58.7 Å². The van der Waals surface area contributed by atoms with Crippen LogP contribution in [0, 0.1) is 20.8 Å². The average molecular weight is 389 g/mol. The molecule has 0 saturated heterocycles. The number of nitrogens with zero attached hydrogens (tertiary/aromatic N) is 1. The molecule has 2 rings (SSSR count). The van der Waals surface area contributed by atoms with Crippen LogP contribution < -0.4 is 9.62 Å². The van der Waals surface area contributed by atoms with Crippen LogP contribution in [0.15, 0.2) is 36.4 Å². The van der Waals surface area contributed by atoms with E-state index < -0.39 is 10.0 Å². The topological polar surface area (TPSA) is 66.5 Å². The molecule has 0 atom stereocenters. The molecule has 0 unspecified atom stereocenters. The number of benzene rings is 2. The maximum atomic E-state index is 12.5. The minimum Gasteiger partial charge on any atom is -0.325 e. The lowest BCUT2D eigenvalue weighted by Crippen LogP contribution is -2.38. The predicted octanol–water partition coefficient (Wildman–Crippen LogP) is 4.14. The predicted molar refractivity (Wildman–Crippen MR) is 112 cm³/mol. The smallest absolute Gasteiger partial charge is 0.245 e. The molecular weight excluding hydrogens is 360 g/mol. The normalized spacial score (nSPS) is 11.5. The van der Waals surface area contributed by atoms with Crippen LogP contribution in [0.1, 0.15) is 42.0 Å². The van der Waals surface area contributed by atoms with Gasteiger partial charge in [0.15, 0.2) is 0 Å². The Bertz CT molecular complexity index is 909. The van der Waals surface area contributed by atoms with Gasteiger partial charge in [-0.15, -0.1) is 0 Å². The highest BCUT2D eigenvalue weighted by Crippen LogP contribution is 2.28. The summed E-state index contributed by atoms with van der Waals surface area (Å²) in [6.45, 7) is 9.61. The molecule has 0 aliphatic heterocycles. The molecule has 1 N–H and O–H groups in total. The summed E-state index contributed by atoms with van der Waals surface area (Å²) in [6.07, 6.45) is 1.12. The lowest BCUT2D eigenvalue weighted by molar-refractivity contribution is -0.114. The molecule has 0 fully saturated rings. The van der Waals surface area contributed by atoms with Gasteiger partial charge in [-0.1, -0.05) is 43.7 Å². The minimum absolute atomic E-state index is 0.268. The van der Waals surface area contributed by atoms with Crippen LogP contribution in [-0.2, 0) is 14.8 Å². The Morgan fingerprint density at radius 1 is 1.04 bits per heavy atom. The van der Waals surface area contributed by atoms with Gasteiger partial charge in [-0.25, -0.2) is 8.42 Å². The van der Waals surface area contributed by atoms with Crippen molar-refractivity contribution in [2.45, 2.75) is 40.5 Å². The molecule has 2 aromatic rings. The van der Waals surface area contributed by atoms with Crippen LogP contribution in [0.2, 0.25) is 0 Å². The zero-order chi connectivity index (χ0) is 20.4. The molecule has 2 aromatic carbocycles. The number of aryl methyl sites for hydroxylation is 3. The molecule has 5 nitrogen and oxygen atoms in total. The fourth-order valence-electron chi connectivity index (χ4n) is 3.21. The van der Waals surface area contributed by atoms with Gasteiger partial charge in [-0.05, 0) is 55.5 Å². The van der Waals surface area contributed by atoms with E-state index in [4.69, 9.17) is 0 Å². The van der Waals surface area contributed by atoms with Crippen molar-refractivity contribution >= 4 is 27.3 Å². The Morgan fingerprint density at radius 3 is 2.00 bits per heavy atom. The van der Waals surface area contributed by atoms with Crippen molar-refractivity contribution in [2.75, 3.05) is 22.4 Å². The van der Waals surface area contributed by atoms with Crippen molar-refractivity contribution in [3.8, 4) is 0 Å². The summed E-state index contributed by atoms with van der Waals surface area (Å²) in [5, 5.41) is 2.79. The summed E-state index contributed by atoms with van der Waals surface area (Å²) >= 11 is 0. The largest absolute Gasteiger partial charge is 0.325 e. The van der Waals surface area contributed by atoms with Crippen LogP contribution in [0.3, 0.4) is 0 Å². The Balaban J connectivity index is 2.26. The fourth-order valence-corrected chi connectivity index (χ4v) is 4.18. The van der Waals surface area contributed by atoms with E-state index >= 15 is 0 Å². The molecule has 0 aliphatic carbocycles. The number of carbonyl (C=O) groups is 1. The standard InChI is InChI=1S/C21H28N2O3S/c1-14(2)18-7-9-19(10-8-18)22-20(24)13-23(27(6,25)26)21-16(4)11-15(3)12-17(21)5/h7-12,14H,13H2,1-6H3,(H,22,24). The van der Waals surface area contributed by atoms with Gasteiger partial charge in [0.1, 0.15) is 6.54 Å². The highest BCUT2D eigenvalue weighted by atomic mass is 32.2. The molecule has 0 spiro atoms. The minimum atomic E-state index is -3.61. The van der Waals surface area contributed by atoms with Gasteiger partial charge in [-0.2, -0.15) is 0 Å². The van der Waals surface area contributed by atoms with Gasteiger partial charge >= 0.3 is 0 Å². The van der Waals surface area contributed by atoms with E-state index in [0.717, 1.165) is 22.9 Å². The van der Waals surface area contributed by atoms with Gasteiger partial charge in [0.2, 0.25) is 15.9 Å². The summed E-state index contributed by atoms with van der Waals surface area (Å²) in [6, 6.07) is 11.4. The first-order chi connectivity index (χ1) is 12.5.